The largest absolute Gasteiger partial charge is 0.368 e. The molecule has 2 atom stereocenters. The molecule has 1 saturated heterocycles. The summed E-state index contributed by atoms with van der Waals surface area (Å²) in [4.78, 5) is 26.0. The van der Waals surface area contributed by atoms with Crippen LogP contribution in [0, 0.1) is 5.92 Å². The number of benzene rings is 1. The zero-order valence-corrected chi connectivity index (χ0v) is 12.1. The van der Waals surface area contributed by atoms with E-state index in [1.54, 1.807) is 4.90 Å². The van der Waals surface area contributed by atoms with Crippen LogP contribution >= 0.6 is 0 Å². The van der Waals surface area contributed by atoms with Crippen molar-refractivity contribution in [2.45, 2.75) is 38.6 Å². The van der Waals surface area contributed by atoms with Crippen LogP contribution in [0.15, 0.2) is 30.3 Å². The summed E-state index contributed by atoms with van der Waals surface area (Å²) in [7, 11) is 0. The third kappa shape index (κ3) is 2.84. The minimum atomic E-state index is -0.438. The summed E-state index contributed by atoms with van der Waals surface area (Å²) in [6, 6.07) is 9.32. The van der Waals surface area contributed by atoms with Gasteiger partial charge in [0.2, 0.25) is 11.8 Å². The smallest absolute Gasteiger partial charge is 0.240 e. The van der Waals surface area contributed by atoms with E-state index in [-0.39, 0.29) is 17.7 Å². The molecule has 2 amide bonds. The first-order chi connectivity index (χ1) is 9.52. The number of carbonyl (C=O) groups excluding carboxylic acids is 2. The third-order valence-corrected chi connectivity index (χ3v) is 3.96. The van der Waals surface area contributed by atoms with Crippen LogP contribution < -0.4 is 5.73 Å². The minimum absolute atomic E-state index is 0.0208. The Kier molecular flexibility index (Phi) is 4.42. The Hall–Kier alpha value is -1.84. The van der Waals surface area contributed by atoms with Crippen LogP contribution in [0.1, 0.15) is 38.2 Å². The number of likely N-dealkylation sites (tertiary alicyclic amines) is 1. The fraction of sp³-hybridized carbons (Fsp3) is 0.500. The summed E-state index contributed by atoms with van der Waals surface area (Å²) >= 11 is 0. The molecule has 2 N–H and O–H groups in total. The van der Waals surface area contributed by atoms with Gasteiger partial charge in [-0.3, -0.25) is 9.59 Å². The highest BCUT2D eigenvalue weighted by Gasteiger charge is 2.37. The number of nitrogens with zero attached hydrogens (tertiary/aromatic N) is 1. The standard InChI is InChI=1S/C16H22N2O2/c1-11(2)14(12-7-4-3-5-8-12)16(20)18-10-6-9-13(18)15(17)19/h3-5,7-8,11,13-14H,6,9-10H2,1-2H3,(H2,17,19). The highest BCUT2D eigenvalue weighted by Crippen LogP contribution is 2.30. The first-order valence-electron chi connectivity index (χ1n) is 7.17. The van der Waals surface area contributed by atoms with Crippen molar-refractivity contribution in [3.05, 3.63) is 35.9 Å². The Morgan fingerprint density at radius 1 is 1.25 bits per heavy atom. The van der Waals surface area contributed by atoms with Gasteiger partial charge in [-0.2, -0.15) is 0 Å². The van der Waals surface area contributed by atoms with Crippen molar-refractivity contribution < 1.29 is 9.59 Å². The van der Waals surface area contributed by atoms with E-state index >= 15 is 0 Å². The summed E-state index contributed by atoms with van der Waals surface area (Å²) in [5.74, 6) is -0.408. The monoisotopic (exact) mass is 274 g/mol. The molecule has 2 rings (SSSR count). The van der Waals surface area contributed by atoms with Crippen LogP contribution in [0.25, 0.3) is 0 Å². The van der Waals surface area contributed by atoms with Gasteiger partial charge in [0.15, 0.2) is 0 Å². The highest BCUT2D eigenvalue weighted by molar-refractivity contribution is 5.90. The van der Waals surface area contributed by atoms with Gasteiger partial charge in [-0.25, -0.2) is 0 Å². The second kappa shape index (κ2) is 6.07. The topological polar surface area (TPSA) is 63.4 Å². The van der Waals surface area contributed by atoms with Crippen molar-refractivity contribution >= 4 is 11.8 Å². The fourth-order valence-electron chi connectivity index (χ4n) is 2.98. The first kappa shape index (κ1) is 14.6. The highest BCUT2D eigenvalue weighted by atomic mass is 16.2. The van der Waals surface area contributed by atoms with Crippen LogP contribution in [0.4, 0.5) is 0 Å². The number of primary amides is 1. The molecule has 1 aliphatic heterocycles. The van der Waals surface area contributed by atoms with E-state index in [4.69, 9.17) is 5.73 Å². The van der Waals surface area contributed by atoms with Crippen molar-refractivity contribution in [3.63, 3.8) is 0 Å². The summed E-state index contributed by atoms with van der Waals surface area (Å²) in [5, 5.41) is 0. The van der Waals surface area contributed by atoms with Crippen LogP contribution in [0.3, 0.4) is 0 Å². The third-order valence-electron chi connectivity index (χ3n) is 3.96. The Morgan fingerprint density at radius 2 is 1.90 bits per heavy atom. The first-order valence-corrected chi connectivity index (χ1v) is 7.17. The molecular weight excluding hydrogens is 252 g/mol. The second-order valence-corrected chi connectivity index (χ2v) is 5.72. The van der Waals surface area contributed by atoms with Gasteiger partial charge in [0.1, 0.15) is 6.04 Å². The van der Waals surface area contributed by atoms with Crippen molar-refractivity contribution in [2.24, 2.45) is 11.7 Å². The van der Waals surface area contributed by atoms with Crippen LogP contribution in [-0.2, 0) is 9.59 Å². The lowest BCUT2D eigenvalue weighted by Gasteiger charge is -2.29. The molecule has 0 saturated carbocycles. The number of rotatable bonds is 4. The van der Waals surface area contributed by atoms with E-state index < -0.39 is 11.9 Å². The molecule has 0 aliphatic carbocycles. The molecule has 0 bridgehead atoms. The molecular formula is C16H22N2O2. The Balaban J connectivity index is 2.26. The molecule has 0 radical (unpaired) electrons. The Bertz CT molecular complexity index is 485. The van der Waals surface area contributed by atoms with Gasteiger partial charge in [-0.05, 0) is 24.3 Å². The number of hydrogen-bond donors (Lipinski definition) is 1. The normalized spacial score (nSPS) is 20.1. The van der Waals surface area contributed by atoms with Gasteiger partial charge in [0, 0.05) is 6.54 Å². The minimum Gasteiger partial charge on any atom is -0.368 e. The molecule has 4 heteroatoms. The maximum absolute atomic E-state index is 12.8. The van der Waals surface area contributed by atoms with E-state index in [0.29, 0.717) is 13.0 Å². The van der Waals surface area contributed by atoms with Crippen molar-refractivity contribution in [1.29, 1.82) is 0 Å². The molecule has 1 fully saturated rings. The average molecular weight is 274 g/mol. The number of nitrogens with two attached hydrogens (primary N) is 1. The van der Waals surface area contributed by atoms with Crippen molar-refractivity contribution in [3.8, 4) is 0 Å². The van der Waals surface area contributed by atoms with Gasteiger partial charge in [-0.15, -0.1) is 0 Å². The zero-order valence-electron chi connectivity index (χ0n) is 12.1. The Morgan fingerprint density at radius 3 is 2.45 bits per heavy atom. The van der Waals surface area contributed by atoms with E-state index in [0.717, 1.165) is 12.0 Å². The van der Waals surface area contributed by atoms with Gasteiger partial charge < -0.3 is 10.6 Å². The summed E-state index contributed by atoms with van der Waals surface area (Å²) in [5.41, 5.74) is 6.41. The quantitative estimate of drug-likeness (QED) is 0.911. The van der Waals surface area contributed by atoms with E-state index in [1.807, 2.05) is 44.2 Å². The summed E-state index contributed by atoms with van der Waals surface area (Å²) in [6.07, 6.45) is 1.53. The van der Waals surface area contributed by atoms with E-state index in [9.17, 15) is 9.59 Å². The number of carbonyl (C=O) groups is 2. The van der Waals surface area contributed by atoms with Crippen molar-refractivity contribution in [1.82, 2.24) is 4.90 Å². The molecule has 20 heavy (non-hydrogen) atoms. The number of hydrogen-bond acceptors (Lipinski definition) is 2. The summed E-state index contributed by atoms with van der Waals surface area (Å²) < 4.78 is 0. The molecule has 0 aromatic heterocycles. The second-order valence-electron chi connectivity index (χ2n) is 5.72. The lowest BCUT2D eigenvalue weighted by molar-refractivity contribution is -0.139. The lowest BCUT2D eigenvalue weighted by atomic mass is 9.87. The predicted molar refractivity (Wildman–Crippen MR) is 78.0 cm³/mol. The molecule has 1 aromatic carbocycles. The maximum atomic E-state index is 12.8. The average Bonchev–Trinajstić information content (AvgIpc) is 2.89. The lowest BCUT2D eigenvalue weighted by Crippen LogP contribution is -2.46. The Labute approximate surface area is 119 Å². The number of amides is 2. The SMILES string of the molecule is CC(C)C(C(=O)N1CCCC1C(N)=O)c1ccccc1. The van der Waals surface area contributed by atoms with Crippen LogP contribution in [0.2, 0.25) is 0 Å². The molecule has 0 spiro atoms. The molecule has 1 heterocycles. The van der Waals surface area contributed by atoms with Gasteiger partial charge >= 0.3 is 0 Å². The molecule has 1 aromatic rings. The van der Waals surface area contributed by atoms with E-state index in [2.05, 4.69) is 0 Å². The predicted octanol–water partition coefficient (Wildman–Crippen LogP) is 1.90. The van der Waals surface area contributed by atoms with Gasteiger partial charge in [0.05, 0.1) is 5.92 Å². The van der Waals surface area contributed by atoms with Gasteiger partial charge in [-0.1, -0.05) is 44.2 Å². The van der Waals surface area contributed by atoms with Crippen molar-refractivity contribution in [2.75, 3.05) is 6.54 Å². The maximum Gasteiger partial charge on any atom is 0.240 e. The summed E-state index contributed by atoms with van der Waals surface area (Å²) in [6.45, 7) is 4.69. The molecule has 4 nitrogen and oxygen atoms in total. The van der Waals surface area contributed by atoms with Crippen LogP contribution in [0.5, 0.6) is 0 Å². The van der Waals surface area contributed by atoms with E-state index in [1.165, 1.54) is 0 Å². The van der Waals surface area contributed by atoms with Crippen LogP contribution in [-0.4, -0.2) is 29.3 Å². The zero-order chi connectivity index (χ0) is 14.7. The van der Waals surface area contributed by atoms with Gasteiger partial charge in [0.25, 0.3) is 0 Å². The molecule has 2 unspecified atom stereocenters. The molecule has 1 aliphatic rings. The molecule has 108 valence electrons. The fourth-order valence-corrected chi connectivity index (χ4v) is 2.98.